The molecule has 0 atom stereocenters. The molecule has 0 saturated heterocycles. The van der Waals surface area contributed by atoms with Gasteiger partial charge in [-0.15, -0.1) is 0 Å². The average molecular weight is 292 g/mol. The summed E-state index contributed by atoms with van der Waals surface area (Å²) in [5.41, 5.74) is 4.13. The van der Waals surface area contributed by atoms with Crippen LogP contribution in [0.3, 0.4) is 0 Å². The van der Waals surface area contributed by atoms with E-state index >= 15 is 0 Å². The van der Waals surface area contributed by atoms with Crippen molar-refractivity contribution in [1.29, 1.82) is 0 Å². The van der Waals surface area contributed by atoms with Crippen LogP contribution in [0.2, 0.25) is 5.02 Å². The van der Waals surface area contributed by atoms with E-state index in [1.54, 1.807) is 18.2 Å². The minimum Gasteiger partial charge on any atom is -0.463 e. The van der Waals surface area contributed by atoms with E-state index in [2.05, 4.69) is 15.8 Å². The molecule has 6 heteroatoms. The normalized spacial score (nSPS) is 10.7. The number of nitrogens with one attached hydrogen (secondary N) is 2. The third kappa shape index (κ3) is 3.86. The molecular weight excluding hydrogens is 278 g/mol. The van der Waals surface area contributed by atoms with Gasteiger partial charge < -0.3 is 9.73 Å². The largest absolute Gasteiger partial charge is 0.463 e. The van der Waals surface area contributed by atoms with E-state index in [4.69, 9.17) is 16.0 Å². The van der Waals surface area contributed by atoms with Gasteiger partial charge in [-0.1, -0.05) is 17.7 Å². The highest BCUT2D eigenvalue weighted by Crippen LogP contribution is 2.22. The Labute approximate surface area is 121 Å². The molecule has 0 spiro atoms. The van der Waals surface area contributed by atoms with Crippen molar-refractivity contribution >= 4 is 29.4 Å². The van der Waals surface area contributed by atoms with E-state index in [0.717, 1.165) is 11.3 Å². The lowest BCUT2D eigenvalue weighted by Gasteiger charge is -2.09. The molecular formula is C14H14ClN3O2. The number of hydrogen-bond donors (Lipinski definition) is 2. The Morgan fingerprint density at radius 3 is 3.00 bits per heavy atom. The number of halogens is 1. The van der Waals surface area contributed by atoms with Crippen LogP contribution in [0.15, 0.2) is 46.1 Å². The van der Waals surface area contributed by atoms with Crippen LogP contribution < -0.4 is 10.7 Å². The summed E-state index contributed by atoms with van der Waals surface area (Å²) < 4.78 is 5.04. The van der Waals surface area contributed by atoms with E-state index in [9.17, 15) is 4.79 Å². The number of furan rings is 1. The Morgan fingerprint density at radius 1 is 1.40 bits per heavy atom. The lowest BCUT2D eigenvalue weighted by molar-refractivity contribution is -0.119. The topological polar surface area (TPSA) is 66.6 Å². The fourth-order valence-electron chi connectivity index (χ4n) is 1.55. The van der Waals surface area contributed by atoms with Gasteiger partial charge in [-0.25, -0.2) is 5.43 Å². The van der Waals surface area contributed by atoms with Crippen molar-refractivity contribution < 1.29 is 9.21 Å². The van der Waals surface area contributed by atoms with Crippen LogP contribution in [-0.4, -0.2) is 18.7 Å². The first-order chi connectivity index (χ1) is 9.66. The minimum atomic E-state index is -0.257. The number of carbonyl (C=O) groups excluding carboxylic acids is 1. The van der Waals surface area contributed by atoms with Gasteiger partial charge in [-0.2, -0.15) is 5.10 Å². The van der Waals surface area contributed by atoms with Crippen molar-refractivity contribution in [2.45, 2.75) is 6.92 Å². The number of amides is 1. The molecule has 0 bridgehead atoms. The molecule has 2 aromatic rings. The van der Waals surface area contributed by atoms with Crippen LogP contribution in [-0.2, 0) is 4.79 Å². The first kappa shape index (κ1) is 14.1. The first-order valence-corrected chi connectivity index (χ1v) is 6.39. The molecule has 20 heavy (non-hydrogen) atoms. The van der Waals surface area contributed by atoms with E-state index in [-0.39, 0.29) is 12.5 Å². The number of nitrogens with zero attached hydrogens (tertiary/aromatic N) is 1. The molecule has 0 fully saturated rings. The monoisotopic (exact) mass is 291 g/mol. The van der Waals surface area contributed by atoms with Crippen LogP contribution in [0.5, 0.6) is 0 Å². The highest BCUT2D eigenvalue weighted by molar-refractivity contribution is 6.31. The average Bonchev–Trinajstić information content (AvgIpc) is 2.94. The Morgan fingerprint density at radius 2 is 2.25 bits per heavy atom. The summed E-state index contributed by atoms with van der Waals surface area (Å²) in [6, 6.07) is 8.97. The highest BCUT2D eigenvalue weighted by Gasteiger charge is 2.04. The van der Waals surface area contributed by atoms with Gasteiger partial charge in [0, 0.05) is 10.7 Å². The molecule has 104 valence electrons. The molecule has 0 unspecified atom stereocenters. The number of benzene rings is 1. The summed E-state index contributed by atoms with van der Waals surface area (Å²) in [7, 11) is 0. The van der Waals surface area contributed by atoms with Crippen LogP contribution in [0.1, 0.15) is 11.3 Å². The molecule has 0 aliphatic carbocycles. The molecule has 2 N–H and O–H groups in total. The second kappa shape index (κ2) is 6.77. The molecule has 0 aliphatic rings. The van der Waals surface area contributed by atoms with Crippen molar-refractivity contribution in [3.05, 3.63) is 52.9 Å². The maximum absolute atomic E-state index is 11.6. The summed E-state index contributed by atoms with van der Waals surface area (Å²) in [6.07, 6.45) is 2.97. The van der Waals surface area contributed by atoms with Gasteiger partial charge in [0.05, 0.1) is 19.0 Å². The van der Waals surface area contributed by atoms with Crippen molar-refractivity contribution in [2.75, 3.05) is 11.9 Å². The molecule has 1 aromatic carbocycles. The zero-order valence-electron chi connectivity index (χ0n) is 10.9. The standard InChI is InChI=1S/C14H14ClN3O2/c1-10-12(15)5-2-6-13(10)16-9-14(19)18-17-8-11-4-3-7-20-11/h2-8,16H,9H2,1H3,(H,18,19)/b17-8+. The van der Waals surface area contributed by atoms with Crippen molar-refractivity contribution in [3.8, 4) is 0 Å². The maximum atomic E-state index is 11.6. The molecule has 0 aliphatic heterocycles. The fourth-order valence-corrected chi connectivity index (χ4v) is 1.72. The van der Waals surface area contributed by atoms with Gasteiger partial charge in [0.1, 0.15) is 5.76 Å². The molecule has 0 saturated carbocycles. The molecule has 0 radical (unpaired) electrons. The number of anilines is 1. The first-order valence-electron chi connectivity index (χ1n) is 6.01. The van der Waals surface area contributed by atoms with Gasteiger partial charge in [0.15, 0.2) is 0 Å². The van der Waals surface area contributed by atoms with Crippen molar-refractivity contribution in [1.82, 2.24) is 5.43 Å². The van der Waals surface area contributed by atoms with E-state index in [1.165, 1.54) is 12.5 Å². The highest BCUT2D eigenvalue weighted by atomic mass is 35.5. The molecule has 1 amide bonds. The lowest BCUT2D eigenvalue weighted by atomic mass is 10.2. The predicted molar refractivity (Wildman–Crippen MR) is 79.1 cm³/mol. The summed E-state index contributed by atoms with van der Waals surface area (Å²) in [5.74, 6) is 0.316. The summed E-state index contributed by atoms with van der Waals surface area (Å²) in [4.78, 5) is 11.6. The molecule has 1 aromatic heterocycles. The molecule has 5 nitrogen and oxygen atoms in total. The second-order valence-electron chi connectivity index (χ2n) is 4.07. The Kier molecular flexibility index (Phi) is 4.79. The quantitative estimate of drug-likeness (QED) is 0.657. The zero-order chi connectivity index (χ0) is 14.4. The minimum absolute atomic E-state index is 0.108. The molecule has 2 rings (SSSR count). The lowest BCUT2D eigenvalue weighted by Crippen LogP contribution is -2.26. The number of carbonyl (C=O) groups is 1. The number of rotatable bonds is 5. The van der Waals surface area contributed by atoms with Gasteiger partial charge in [0.25, 0.3) is 5.91 Å². The Hall–Kier alpha value is -2.27. The van der Waals surface area contributed by atoms with Crippen LogP contribution >= 0.6 is 11.6 Å². The predicted octanol–water partition coefficient (Wildman–Crippen LogP) is 2.80. The third-order valence-corrected chi connectivity index (χ3v) is 3.04. The van der Waals surface area contributed by atoms with Crippen LogP contribution in [0, 0.1) is 6.92 Å². The van der Waals surface area contributed by atoms with Crippen molar-refractivity contribution in [3.63, 3.8) is 0 Å². The van der Waals surface area contributed by atoms with E-state index in [0.29, 0.717) is 10.8 Å². The third-order valence-electron chi connectivity index (χ3n) is 2.63. The van der Waals surface area contributed by atoms with Crippen molar-refractivity contribution in [2.24, 2.45) is 5.10 Å². The van der Waals surface area contributed by atoms with Gasteiger partial charge in [-0.3, -0.25) is 4.79 Å². The maximum Gasteiger partial charge on any atom is 0.259 e. The number of hydrogen-bond acceptors (Lipinski definition) is 4. The summed E-state index contributed by atoms with van der Waals surface area (Å²) in [6.45, 7) is 1.99. The van der Waals surface area contributed by atoms with Crippen LogP contribution in [0.4, 0.5) is 5.69 Å². The summed E-state index contributed by atoms with van der Waals surface area (Å²) in [5, 5.41) is 7.44. The van der Waals surface area contributed by atoms with E-state index < -0.39 is 0 Å². The Balaban J connectivity index is 1.82. The van der Waals surface area contributed by atoms with Gasteiger partial charge in [-0.05, 0) is 36.8 Å². The zero-order valence-corrected chi connectivity index (χ0v) is 11.6. The van der Waals surface area contributed by atoms with Gasteiger partial charge >= 0.3 is 0 Å². The SMILES string of the molecule is Cc1c(Cl)cccc1NCC(=O)N/N=C/c1ccco1. The second-order valence-corrected chi connectivity index (χ2v) is 4.48. The number of hydrazone groups is 1. The summed E-state index contributed by atoms with van der Waals surface area (Å²) >= 11 is 6.00. The Bertz CT molecular complexity index is 609. The molecule has 1 heterocycles. The van der Waals surface area contributed by atoms with Gasteiger partial charge in [0.2, 0.25) is 0 Å². The fraction of sp³-hybridized carbons (Fsp3) is 0.143. The van der Waals surface area contributed by atoms with E-state index in [1.807, 2.05) is 19.1 Å². The van der Waals surface area contributed by atoms with Crippen LogP contribution in [0.25, 0.3) is 0 Å². The smallest absolute Gasteiger partial charge is 0.259 e.